The molecule has 2 aliphatic heterocycles. The molecule has 2 aromatic heterocycles. The van der Waals surface area contributed by atoms with Crippen LogP contribution in [0.15, 0.2) is 18.6 Å². The van der Waals surface area contributed by atoms with E-state index in [2.05, 4.69) is 19.9 Å². The van der Waals surface area contributed by atoms with Gasteiger partial charge in [0.1, 0.15) is 11.5 Å². The molecule has 8 nitrogen and oxygen atoms in total. The summed E-state index contributed by atoms with van der Waals surface area (Å²) < 4.78 is 0. The molecule has 2 fully saturated rings. The van der Waals surface area contributed by atoms with E-state index < -0.39 is 0 Å². The Bertz CT molecular complexity index is 924. The highest BCUT2D eigenvalue weighted by Gasteiger charge is 2.29. The maximum atomic E-state index is 12.8. The highest BCUT2D eigenvalue weighted by molar-refractivity contribution is 5.95. The predicted octanol–water partition coefficient (Wildman–Crippen LogP) is 2.53. The monoisotopic (exact) mass is 408 g/mol. The van der Waals surface area contributed by atoms with Crippen LogP contribution in [-0.2, 0) is 0 Å². The van der Waals surface area contributed by atoms with Crippen molar-refractivity contribution in [3.63, 3.8) is 0 Å². The fourth-order valence-corrected chi connectivity index (χ4v) is 4.20. The van der Waals surface area contributed by atoms with E-state index in [9.17, 15) is 9.59 Å². The molecule has 1 atom stereocenters. The number of hydrogen-bond donors (Lipinski definition) is 0. The van der Waals surface area contributed by atoms with Gasteiger partial charge in [0.15, 0.2) is 0 Å². The van der Waals surface area contributed by atoms with Gasteiger partial charge in [0.05, 0.1) is 23.1 Å². The van der Waals surface area contributed by atoms with Gasteiger partial charge >= 0.3 is 0 Å². The first-order valence-corrected chi connectivity index (χ1v) is 10.7. The highest BCUT2D eigenvalue weighted by atomic mass is 16.2. The lowest BCUT2D eigenvalue weighted by atomic mass is 9.96. The lowest BCUT2D eigenvalue weighted by molar-refractivity contribution is 0.0697. The number of nitrogens with zero attached hydrogens (tertiary/aromatic N) is 6. The van der Waals surface area contributed by atoms with Crippen LogP contribution in [0, 0.1) is 13.8 Å². The zero-order valence-electron chi connectivity index (χ0n) is 17.7. The minimum atomic E-state index is -0.110. The Labute approximate surface area is 176 Å². The first-order valence-electron chi connectivity index (χ1n) is 10.7. The second kappa shape index (κ2) is 8.85. The summed E-state index contributed by atoms with van der Waals surface area (Å²) in [5.41, 5.74) is 2.44. The third-order valence-corrected chi connectivity index (χ3v) is 5.95. The number of aromatic nitrogens is 4. The Morgan fingerprint density at radius 1 is 0.867 bits per heavy atom. The van der Waals surface area contributed by atoms with Gasteiger partial charge in [0, 0.05) is 44.5 Å². The molecule has 2 saturated heterocycles. The zero-order valence-corrected chi connectivity index (χ0v) is 17.7. The van der Waals surface area contributed by atoms with Gasteiger partial charge in [-0.2, -0.15) is 0 Å². The van der Waals surface area contributed by atoms with Crippen molar-refractivity contribution in [2.45, 2.75) is 51.9 Å². The number of likely N-dealkylation sites (tertiary alicyclic amines) is 2. The number of carbonyl (C=O) groups is 2. The molecule has 0 N–H and O–H groups in total. The molecule has 4 rings (SSSR count). The molecule has 0 aromatic carbocycles. The molecule has 2 aliphatic rings. The standard InChI is InChI=1S/C22H28N6O2/c1-15-11-24-19(13-23-15)22(30)28-10-6-7-17(14-28)20-25-12-18(16(2)26-20)21(29)27-8-4-3-5-9-27/h11-13,17H,3-10,14H2,1-2H3/t17-/m1/s1. The molecule has 158 valence electrons. The van der Waals surface area contributed by atoms with Gasteiger partial charge in [0.2, 0.25) is 0 Å². The number of hydrogen-bond acceptors (Lipinski definition) is 6. The molecule has 0 bridgehead atoms. The van der Waals surface area contributed by atoms with E-state index in [4.69, 9.17) is 0 Å². The van der Waals surface area contributed by atoms with Gasteiger partial charge < -0.3 is 9.80 Å². The van der Waals surface area contributed by atoms with Crippen LogP contribution < -0.4 is 0 Å². The van der Waals surface area contributed by atoms with Crippen LogP contribution in [0.5, 0.6) is 0 Å². The normalized spacial score (nSPS) is 19.6. The Hall–Kier alpha value is -2.90. The van der Waals surface area contributed by atoms with Gasteiger partial charge in [-0.3, -0.25) is 14.6 Å². The van der Waals surface area contributed by atoms with E-state index in [1.165, 1.54) is 12.6 Å². The van der Waals surface area contributed by atoms with Crippen LogP contribution in [-0.4, -0.2) is 67.7 Å². The smallest absolute Gasteiger partial charge is 0.274 e. The Morgan fingerprint density at radius 2 is 1.63 bits per heavy atom. The number of carbonyl (C=O) groups excluding carboxylic acids is 2. The van der Waals surface area contributed by atoms with E-state index in [1.54, 1.807) is 17.3 Å². The summed E-state index contributed by atoms with van der Waals surface area (Å²) >= 11 is 0. The lowest BCUT2D eigenvalue weighted by Gasteiger charge is -2.32. The summed E-state index contributed by atoms with van der Waals surface area (Å²) in [6.45, 7) is 6.57. The summed E-state index contributed by atoms with van der Waals surface area (Å²) in [5.74, 6) is 0.673. The Balaban J connectivity index is 1.47. The van der Waals surface area contributed by atoms with E-state index in [-0.39, 0.29) is 17.7 Å². The molecular formula is C22H28N6O2. The number of rotatable bonds is 3. The van der Waals surface area contributed by atoms with Crippen LogP contribution in [0.1, 0.15) is 76.1 Å². The van der Waals surface area contributed by atoms with Gasteiger partial charge in [-0.15, -0.1) is 0 Å². The first kappa shape index (κ1) is 20.4. The van der Waals surface area contributed by atoms with Crippen LogP contribution in [0.3, 0.4) is 0 Å². The van der Waals surface area contributed by atoms with Gasteiger partial charge in [0.25, 0.3) is 11.8 Å². The van der Waals surface area contributed by atoms with E-state index >= 15 is 0 Å². The van der Waals surface area contributed by atoms with Crippen molar-refractivity contribution in [2.75, 3.05) is 26.2 Å². The quantitative estimate of drug-likeness (QED) is 0.775. The van der Waals surface area contributed by atoms with Gasteiger partial charge in [-0.25, -0.2) is 15.0 Å². The summed E-state index contributed by atoms with van der Waals surface area (Å²) in [4.78, 5) is 46.9. The fourth-order valence-electron chi connectivity index (χ4n) is 4.20. The number of amides is 2. The number of piperidine rings is 2. The molecule has 8 heteroatoms. The summed E-state index contributed by atoms with van der Waals surface area (Å²) in [7, 11) is 0. The number of aryl methyl sites for hydroxylation is 2. The average Bonchev–Trinajstić information content (AvgIpc) is 2.79. The first-order chi connectivity index (χ1) is 14.5. The fraction of sp³-hybridized carbons (Fsp3) is 0.545. The lowest BCUT2D eigenvalue weighted by Crippen LogP contribution is -2.40. The van der Waals surface area contributed by atoms with Crippen molar-refractivity contribution in [3.05, 3.63) is 47.1 Å². The zero-order chi connectivity index (χ0) is 21.1. The third-order valence-electron chi connectivity index (χ3n) is 5.95. The Kier molecular flexibility index (Phi) is 6.01. The summed E-state index contributed by atoms with van der Waals surface area (Å²) in [6.07, 6.45) is 9.91. The second-order valence-corrected chi connectivity index (χ2v) is 8.21. The van der Waals surface area contributed by atoms with E-state index in [0.29, 0.717) is 35.9 Å². The molecule has 30 heavy (non-hydrogen) atoms. The molecule has 2 aromatic rings. The van der Waals surface area contributed by atoms with Crippen LogP contribution in [0.25, 0.3) is 0 Å². The summed E-state index contributed by atoms with van der Waals surface area (Å²) in [5, 5.41) is 0. The van der Waals surface area contributed by atoms with Crippen LogP contribution >= 0.6 is 0 Å². The molecule has 2 amide bonds. The predicted molar refractivity (Wildman–Crippen MR) is 111 cm³/mol. The van der Waals surface area contributed by atoms with Crippen molar-refractivity contribution in [2.24, 2.45) is 0 Å². The molecule has 0 radical (unpaired) electrons. The highest BCUT2D eigenvalue weighted by Crippen LogP contribution is 2.26. The molecular weight excluding hydrogens is 380 g/mol. The summed E-state index contributed by atoms with van der Waals surface area (Å²) in [6, 6.07) is 0. The average molecular weight is 409 g/mol. The van der Waals surface area contributed by atoms with Crippen molar-refractivity contribution in [1.82, 2.24) is 29.7 Å². The van der Waals surface area contributed by atoms with Crippen molar-refractivity contribution >= 4 is 11.8 Å². The minimum Gasteiger partial charge on any atom is -0.339 e. The minimum absolute atomic E-state index is 0.0251. The van der Waals surface area contributed by atoms with Crippen LogP contribution in [0.2, 0.25) is 0 Å². The molecule has 4 heterocycles. The van der Waals surface area contributed by atoms with E-state index in [0.717, 1.165) is 44.5 Å². The SMILES string of the molecule is Cc1cnc(C(=O)N2CCC[C@@H](c3ncc(C(=O)N4CCCCC4)c(C)n3)C2)cn1. The van der Waals surface area contributed by atoms with E-state index in [1.807, 2.05) is 18.7 Å². The molecule has 0 aliphatic carbocycles. The largest absolute Gasteiger partial charge is 0.339 e. The maximum absolute atomic E-state index is 12.8. The molecule has 0 unspecified atom stereocenters. The third kappa shape index (κ3) is 4.32. The topological polar surface area (TPSA) is 92.2 Å². The molecule has 0 saturated carbocycles. The van der Waals surface area contributed by atoms with Crippen molar-refractivity contribution < 1.29 is 9.59 Å². The molecule has 0 spiro atoms. The van der Waals surface area contributed by atoms with Crippen molar-refractivity contribution in [1.29, 1.82) is 0 Å². The second-order valence-electron chi connectivity index (χ2n) is 8.21. The Morgan fingerprint density at radius 3 is 2.33 bits per heavy atom. The van der Waals surface area contributed by atoms with Crippen molar-refractivity contribution in [3.8, 4) is 0 Å². The maximum Gasteiger partial charge on any atom is 0.274 e. The van der Waals surface area contributed by atoms with Gasteiger partial charge in [-0.1, -0.05) is 0 Å². The van der Waals surface area contributed by atoms with Crippen LogP contribution in [0.4, 0.5) is 0 Å². The van der Waals surface area contributed by atoms with Gasteiger partial charge in [-0.05, 0) is 46.0 Å².